The number of rotatable bonds is 5. The molecule has 1 N–H and O–H groups in total. The largest absolute Gasteiger partial charge is 0.486 e. The fourth-order valence-electron chi connectivity index (χ4n) is 1.93. The van der Waals surface area contributed by atoms with E-state index in [9.17, 15) is 4.21 Å². The first-order chi connectivity index (χ1) is 8.74. The van der Waals surface area contributed by atoms with Crippen LogP contribution in [0.2, 0.25) is 0 Å². The molecule has 100 valence electrons. The van der Waals surface area contributed by atoms with Gasteiger partial charge in [0.1, 0.15) is 13.2 Å². The summed E-state index contributed by atoms with van der Waals surface area (Å²) >= 11 is 0. The Labute approximate surface area is 110 Å². The topological polar surface area (TPSA) is 47.6 Å². The first-order valence-corrected chi connectivity index (χ1v) is 7.65. The number of benzene rings is 1. The lowest BCUT2D eigenvalue weighted by molar-refractivity contribution is 0.171. The second kappa shape index (κ2) is 6.20. The van der Waals surface area contributed by atoms with Crippen molar-refractivity contribution in [3.63, 3.8) is 0 Å². The molecular formula is C13H19NO3S. The molecule has 0 bridgehead atoms. The van der Waals surface area contributed by atoms with Gasteiger partial charge in [0.25, 0.3) is 0 Å². The van der Waals surface area contributed by atoms with E-state index < -0.39 is 10.8 Å². The van der Waals surface area contributed by atoms with Crippen molar-refractivity contribution in [1.29, 1.82) is 0 Å². The van der Waals surface area contributed by atoms with Gasteiger partial charge in [-0.15, -0.1) is 0 Å². The first-order valence-electron chi connectivity index (χ1n) is 6.16. The van der Waals surface area contributed by atoms with E-state index in [1.807, 2.05) is 32.2 Å². The summed E-state index contributed by atoms with van der Waals surface area (Å²) in [5, 5.41) is 3.20. The standard InChI is InChI=1S/C13H19NO3S/c1-3-18(15)9-11(14-2)10-4-5-12-13(8-10)17-7-6-16-12/h4-5,8,11,14H,3,6-7,9H2,1-2H3. The van der Waals surface area contributed by atoms with Gasteiger partial charge >= 0.3 is 0 Å². The molecule has 1 aromatic rings. The molecule has 5 heteroatoms. The van der Waals surface area contributed by atoms with Crippen molar-refractivity contribution < 1.29 is 13.7 Å². The number of fused-ring (bicyclic) bond motifs is 1. The van der Waals surface area contributed by atoms with Gasteiger partial charge in [0.2, 0.25) is 0 Å². The van der Waals surface area contributed by atoms with Crippen LogP contribution in [0.25, 0.3) is 0 Å². The van der Waals surface area contributed by atoms with E-state index in [0.717, 1.165) is 17.1 Å². The summed E-state index contributed by atoms with van der Waals surface area (Å²) in [6.45, 7) is 3.12. The quantitative estimate of drug-likeness (QED) is 0.880. The molecule has 1 heterocycles. The maximum Gasteiger partial charge on any atom is 0.161 e. The van der Waals surface area contributed by atoms with Crippen LogP contribution in [-0.2, 0) is 10.8 Å². The van der Waals surface area contributed by atoms with Crippen LogP contribution in [0.1, 0.15) is 18.5 Å². The third-order valence-corrected chi connectivity index (χ3v) is 4.34. The van der Waals surface area contributed by atoms with E-state index in [1.54, 1.807) is 0 Å². The second-order valence-electron chi connectivity index (χ2n) is 4.14. The second-order valence-corrected chi connectivity index (χ2v) is 5.93. The van der Waals surface area contributed by atoms with E-state index in [1.165, 1.54) is 0 Å². The molecule has 0 amide bonds. The summed E-state index contributed by atoms with van der Waals surface area (Å²) in [5.74, 6) is 2.87. The minimum absolute atomic E-state index is 0.0848. The molecule has 0 spiro atoms. The third kappa shape index (κ3) is 3.03. The molecule has 0 saturated carbocycles. The van der Waals surface area contributed by atoms with Gasteiger partial charge < -0.3 is 14.8 Å². The Morgan fingerprint density at radius 3 is 2.72 bits per heavy atom. The molecule has 0 saturated heterocycles. The summed E-state index contributed by atoms with van der Waals surface area (Å²) in [6, 6.07) is 5.98. The van der Waals surface area contributed by atoms with Gasteiger partial charge in [-0.2, -0.15) is 0 Å². The van der Waals surface area contributed by atoms with Crippen LogP contribution >= 0.6 is 0 Å². The maximum atomic E-state index is 11.7. The van der Waals surface area contributed by atoms with Crippen molar-refractivity contribution in [3.05, 3.63) is 23.8 Å². The Morgan fingerprint density at radius 2 is 2.06 bits per heavy atom. The van der Waals surface area contributed by atoms with Crippen LogP contribution in [-0.4, -0.2) is 36.0 Å². The van der Waals surface area contributed by atoms with Gasteiger partial charge in [0.05, 0.1) is 0 Å². The maximum absolute atomic E-state index is 11.7. The molecule has 0 radical (unpaired) electrons. The normalized spacial score (nSPS) is 17.2. The van der Waals surface area contributed by atoms with Crippen molar-refractivity contribution >= 4 is 10.8 Å². The molecule has 2 rings (SSSR count). The molecule has 0 aromatic heterocycles. The summed E-state index contributed by atoms with van der Waals surface area (Å²) in [7, 11) is 1.09. The third-order valence-electron chi connectivity index (χ3n) is 2.99. The summed E-state index contributed by atoms with van der Waals surface area (Å²) in [4.78, 5) is 0. The fourth-order valence-corrected chi connectivity index (χ4v) is 2.89. The average Bonchev–Trinajstić information content (AvgIpc) is 2.44. The zero-order chi connectivity index (χ0) is 13.0. The van der Waals surface area contributed by atoms with Crippen molar-refractivity contribution in [3.8, 4) is 11.5 Å². The molecule has 2 atom stereocenters. The van der Waals surface area contributed by atoms with Gasteiger partial charge in [0, 0.05) is 28.3 Å². The minimum Gasteiger partial charge on any atom is -0.486 e. The highest BCUT2D eigenvalue weighted by Crippen LogP contribution is 2.32. The first kappa shape index (κ1) is 13.4. The lowest BCUT2D eigenvalue weighted by Crippen LogP contribution is -2.24. The number of hydrogen-bond acceptors (Lipinski definition) is 4. The molecule has 1 aliphatic heterocycles. The monoisotopic (exact) mass is 269 g/mol. The molecule has 0 aliphatic carbocycles. The van der Waals surface area contributed by atoms with E-state index in [4.69, 9.17) is 9.47 Å². The SMILES string of the molecule is CCS(=O)CC(NC)c1ccc2c(c1)OCCO2. The van der Waals surface area contributed by atoms with Crippen LogP contribution in [0.3, 0.4) is 0 Å². The Balaban J connectivity index is 2.18. The van der Waals surface area contributed by atoms with E-state index >= 15 is 0 Å². The van der Waals surface area contributed by atoms with E-state index in [-0.39, 0.29) is 6.04 Å². The van der Waals surface area contributed by atoms with Crippen LogP contribution in [0.4, 0.5) is 0 Å². The number of ether oxygens (including phenoxy) is 2. The zero-order valence-corrected chi connectivity index (χ0v) is 11.6. The van der Waals surface area contributed by atoms with Crippen LogP contribution < -0.4 is 14.8 Å². The smallest absolute Gasteiger partial charge is 0.161 e. The summed E-state index contributed by atoms with van der Waals surface area (Å²) in [6.07, 6.45) is 0. The minimum atomic E-state index is -0.794. The highest BCUT2D eigenvalue weighted by atomic mass is 32.2. The van der Waals surface area contributed by atoms with Crippen LogP contribution in [0, 0.1) is 0 Å². The average molecular weight is 269 g/mol. The molecule has 2 unspecified atom stereocenters. The Kier molecular flexibility index (Phi) is 4.60. The lowest BCUT2D eigenvalue weighted by Gasteiger charge is -2.21. The van der Waals surface area contributed by atoms with E-state index in [0.29, 0.717) is 24.7 Å². The van der Waals surface area contributed by atoms with Crippen LogP contribution in [0.5, 0.6) is 11.5 Å². The number of nitrogens with one attached hydrogen (secondary N) is 1. The molecule has 1 aromatic carbocycles. The predicted octanol–water partition coefficient (Wildman–Crippen LogP) is 1.49. The highest BCUT2D eigenvalue weighted by molar-refractivity contribution is 7.84. The Morgan fingerprint density at radius 1 is 1.33 bits per heavy atom. The Hall–Kier alpha value is -1.07. The molecule has 0 fully saturated rings. The number of hydrogen-bond donors (Lipinski definition) is 1. The lowest BCUT2D eigenvalue weighted by atomic mass is 10.1. The van der Waals surface area contributed by atoms with Crippen molar-refractivity contribution in [2.75, 3.05) is 31.8 Å². The summed E-state index contributed by atoms with van der Waals surface area (Å²) < 4.78 is 22.7. The van der Waals surface area contributed by atoms with Crippen molar-refractivity contribution in [2.45, 2.75) is 13.0 Å². The molecule has 1 aliphatic rings. The van der Waals surface area contributed by atoms with Crippen molar-refractivity contribution in [1.82, 2.24) is 5.32 Å². The summed E-state index contributed by atoms with van der Waals surface area (Å²) in [5.41, 5.74) is 1.09. The van der Waals surface area contributed by atoms with Crippen molar-refractivity contribution in [2.24, 2.45) is 0 Å². The highest BCUT2D eigenvalue weighted by Gasteiger charge is 2.17. The molecule has 18 heavy (non-hydrogen) atoms. The van der Waals surface area contributed by atoms with Gasteiger partial charge in [0.15, 0.2) is 11.5 Å². The van der Waals surface area contributed by atoms with Gasteiger partial charge in [-0.1, -0.05) is 13.0 Å². The van der Waals surface area contributed by atoms with Gasteiger partial charge in [-0.25, -0.2) is 0 Å². The van der Waals surface area contributed by atoms with Crippen LogP contribution in [0.15, 0.2) is 18.2 Å². The van der Waals surface area contributed by atoms with Gasteiger partial charge in [-0.05, 0) is 24.7 Å². The fraction of sp³-hybridized carbons (Fsp3) is 0.538. The predicted molar refractivity (Wildman–Crippen MR) is 72.8 cm³/mol. The Bertz CT molecular complexity index is 436. The molecular weight excluding hydrogens is 250 g/mol. The van der Waals surface area contributed by atoms with E-state index in [2.05, 4.69) is 5.32 Å². The van der Waals surface area contributed by atoms with Gasteiger partial charge in [-0.3, -0.25) is 4.21 Å². The molecule has 4 nitrogen and oxygen atoms in total. The zero-order valence-electron chi connectivity index (χ0n) is 10.8.